The molecule has 0 aliphatic heterocycles. The van der Waals surface area contributed by atoms with Crippen molar-refractivity contribution in [1.29, 1.82) is 0 Å². The summed E-state index contributed by atoms with van der Waals surface area (Å²) in [5.41, 5.74) is 1.24. The summed E-state index contributed by atoms with van der Waals surface area (Å²) in [6.45, 7) is 7.50. The highest BCUT2D eigenvalue weighted by Crippen LogP contribution is 1.94. The average molecular weight is 156 g/mol. The first-order valence-corrected chi connectivity index (χ1v) is 4.45. The van der Waals surface area contributed by atoms with Crippen LogP contribution in [0.2, 0.25) is 0 Å². The van der Waals surface area contributed by atoms with Gasteiger partial charge in [0.1, 0.15) is 0 Å². The molecule has 0 spiro atoms. The molecule has 0 aromatic heterocycles. The van der Waals surface area contributed by atoms with Crippen LogP contribution in [-0.4, -0.2) is 24.3 Å². The second-order valence-electron chi connectivity index (χ2n) is 2.97. The molecule has 2 heteroatoms. The minimum atomic E-state index is 1.06. The van der Waals surface area contributed by atoms with E-state index >= 15 is 0 Å². The van der Waals surface area contributed by atoms with E-state index < -0.39 is 0 Å². The third-order valence-electron chi connectivity index (χ3n) is 1.50. The van der Waals surface area contributed by atoms with Gasteiger partial charge < -0.3 is 5.01 Å². The van der Waals surface area contributed by atoms with Crippen LogP contribution < -0.4 is 0 Å². The van der Waals surface area contributed by atoms with Gasteiger partial charge >= 0.3 is 0 Å². The van der Waals surface area contributed by atoms with Crippen molar-refractivity contribution in [3.63, 3.8) is 0 Å². The molecule has 0 aromatic carbocycles. The van der Waals surface area contributed by atoms with E-state index in [0.29, 0.717) is 0 Å². The molecule has 0 radical (unpaired) electrons. The molecule has 0 aliphatic carbocycles. The Morgan fingerprint density at radius 3 is 2.36 bits per heavy atom. The lowest BCUT2D eigenvalue weighted by Crippen LogP contribution is -2.13. The third-order valence-corrected chi connectivity index (χ3v) is 1.50. The Labute approximate surface area is 70.3 Å². The molecule has 0 heterocycles. The van der Waals surface area contributed by atoms with Gasteiger partial charge in [-0.3, -0.25) is 0 Å². The molecule has 0 unspecified atom stereocenters. The summed E-state index contributed by atoms with van der Waals surface area (Å²) in [4.78, 5) is 0. The second-order valence-corrected chi connectivity index (χ2v) is 2.97. The number of hydrogen-bond donors (Lipinski definition) is 0. The van der Waals surface area contributed by atoms with Crippen LogP contribution in [0.4, 0.5) is 0 Å². The summed E-state index contributed by atoms with van der Waals surface area (Å²) in [6.07, 6.45) is 3.47. The largest absolute Gasteiger partial charge is 0.300 e. The standard InChI is InChI=1S/C9H20N2/c1-5-7-9(3)10-11(4)8-6-2/h5-8H2,1-4H3/b10-9-. The number of nitrogens with zero attached hydrogens (tertiary/aromatic N) is 2. The Kier molecular flexibility index (Phi) is 5.90. The summed E-state index contributed by atoms with van der Waals surface area (Å²) >= 11 is 0. The fourth-order valence-corrected chi connectivity index (χ4v) is 1.08. The molecular weight excluding hydrogens is 136 g/mol. The summed E-state index contributed by atoms with van der Waals surface area (Å²) < 4.78 is 0. The first-order chi connectivity index (χ1) is 5.20. The molecule has 0 amide bonds. The highest BCUT2D eigenvalue weighted by Gasteiger charge is 1.92. The van der Waals surface area contributed by atoms with Gasteiger partial charge in [0.05, 0.1) is 0 Å². The zero-order chi connectivity index (χ0) is 8.69. The zero-order valence-corrected chi connectivity index (χ0v) is 8.22. The minimum absolute atomic E-state index is 1.06. The van der Waals surface area contributed by atoms with Crippen molar-refractivity contribution < 1.29 is 0 Å². The highest BCUT2D eigenvalue weighted by molar-refractivity contribution is 5.81. The van der Waals surface area contributed by atoms with Gasteiger partial charge in [-0.25, -0.2) is 0 Å². The summed E-state index contributed by atoms with van der Waals surface area (Å²) in [5.74, 6) is 0. The van der Waals surface area contributed by atoms with E-state index in [0.717, 1.165) is 13.0 Å². The molecule has 0 aliphatic rings. The van der Waals surface area contributed by atoms with E-state index in [4.69, 9.17) is 0 Å². The molecule has 0 bridgehead atoms. The number of hydrogen-bond acceptors (Lipinski definition) is 2. The molecule has 66 valence electrons. The maximum Gasteiger partial charge on any atom is 0.0354 e. The number of rotatable bonds is 5. The lowest BCUT2D eigenvalue weighted by Gasteiger charge is -2.12. The summed E-state index contributed by atoms with van der Waals surface area (Å²) in [7, 11) is 2.03. The minimum Gasteiger partial charge on any atom is -0.300 e. The van der Waals surface area contributed by atoms with Crippen LogP contribution in [0.1, 0.15) is 40.0 Å². The summed E-state index contributed by atoms with van der Waals surface area (Å²) in [5, 5.41) is 6.43. The maximum atomic E-state index is 4.41. The van der Waals surface area contributed by atoms with Gasteiger partial charge in [-0.15, -0.1) is 0 Å². The van der Waals surface area contributed by atoms with Crippen molar-refractivity contribution in [1.82, 2.24) is 5.01 Å². The average Bonchev–Trinajstić information content (AvgIpc) is 1.87. The Morgan fingerprint density at radius 2 is 1.91 bits per heavy atom. The topological polar surface area (TPSA) is 15.6 Å². The van der Waals surface area contributed by atoms with Gasteiger partial charge in [-0.1, -0.05) is 20.3 Å². The molecule has 0 fully saturated rings. The Morgan fingerprint density at radius 1 is 1.27 bits per heavy atom. The van der Waals surface area contributed by atoms with Gasteiger partial charge in [0, 0.05) is 19.3 Å². The lowest BCUT2D eigenvalue weighted by molar-refractivity contribution is 0.353. The Hall–Kier alpha value is -0.530. The molecule has 0 N–H and O–H groups in total. The quantitative estimate of drug-likeness (QED) is 0.441. The molecule has 11 heavy (non-hydrogen) atoms. The van der Waals surface area contributed by atoms with E-state index in [2.05, 4.69) is 25.9 Å². The van der Waals surface area contributed by atoms with Crippen LogP contribution in [0.15, 0.2) is 5.10 Å². The number of hydrazone groups is 1. The van der Waals surface area contributed by atoms with Crippen LogP contribution in [0, 0.1) is 0 Å². The van der Waals surface area contributed by atoms with Gasteiger partial charge in [0.25, 0.3) is 0 Å². The first kappa shape index (κ1) is 10.5. The first-order valence-electron chi connectivity index (χ1n) is 4.45. The monoisotopic (exact) mass is 156 g/mol. The van der Waals surface area contributed by atoms with Crippen molar-refractivity contribution in [2.75, 3.05) is 13.6 Å². The van der Waals surface area contributed by atoms with Crippen LogP contribution >= 0.6 is 0 Å². The molecular formula is C9H20N2. The smallest absolute Gasteiger partial charge is 0.0354 e. The zero-order valence-electron chi connectivity index (χ0n) is 8.22. The van der Waals surface area contributed by atoms with Crippen LogP contribution in [0.5, 0.6) is 0 Å². The fourth-order valence-electron chi connectivity index (χ4n) is 1.08. The fraction of sp³-hybridized carbons (Fsp3) is 0.889. The van der Waals surface area contributed by atoms with Crippen LogP contribution in [0.3, 0.4) is 0 Å². The molecule has 0 aromatic rings. The Balaban J connectivity index is 3.66. The third kappa shape index (κ3) is 5.89. The predicted molar refractivity (Wildman–Crippen MR) is 50.9 cm³/mol. The molecule has 2 nitrogen and oxygen atoms in total. The molecule has 0 atom stereocenters. The van der Waals surface area contributed by atoms with Crippen molar-refractivity contribution in [2.45, 2.75) is 40.0 Å². The SMILES string of the molecule is CCC/C(C)=N\N(C)CCC. The van der Waals surface area contributed by atoms with E-state index in [1.54, 1.807) is 0 Å². The van der Waals surface area contributed by atoms with Crippen molar-refractivity contribution >= 4 is 5.71 Å². The maximum absolute atomic E-state index is 4.41. The van der Waals surface area contributed by atoms with Crippen molar-refractivity contribution in [2.24, 2.45) is 5.10 Å². The predicted octanol–water partition coefficient (Wildman–Crippen LogP) is 2.50. The molecule has 0 saturated carbocycles. The van der Waals surface area contributed by atoms with Gasteiger partial charge in [0.15, 0.2) is 0 Å². The molecule has 0 saturated heterocycles. The lowest BCUT2D eigenvalue weighted by atomic mass is 10.2. The highest BCUT2D eigenvalue weighted by atomic mass is 15.4. The van der Waals surface area contributed by atoms with E-state index in [1.807, 2.05) is 12.1 Å². The normalized spacial score (nSPS) is 11.8. The summed E-state index contributed by atoms with van der Waals surface area (Å²) in [6, 6.07) is 0. The van der Waals surface area contributed by atoms with E-state index in [9.17, 15) is 0 Å². The van der Waals surface area contributed by atoms with Crippen LogP contribution in [-0.2, 0) is 0 Å². The van der Waals surface area contributed by atoms with Gasteiger partial charge in [0.2, 0.25) is 0 Å². The van der Waals surface area contributed by atoms with Gasteiger partial charge in [-0.2, -0.15) is 5.10 Å². The van der Waals surface area contributed by atoms with Gasteiger partial charge in [-0.05, 0) is 19.8 Å². The second kappa shape index (κ2) is 6.20. The van der Waals surface area contributed by atoms with E-state index in [1.165, 1.54) is 18.6 Å². The van der Waals surface area contributed by atoms with Crippen molar-refractivity contribution in [3.05, 3.63) is 0 Å². The van der Waals surface area contributed by atoms with Crippen molar-refractivity contribution in [3.8, 4) is 0 Å². The Bertz CT molecular complexity index is 119. The van der Waals surface area contributed by atoms with E-state index in [-0.39, 0.29) is 0 Å². The van der Waals surface area contributed by atoms with Crippen LogP contribution in [0.25, 0.3) is 0 Å². The molecule has 0 rings (SSSR count).